The Labute approximate surface area is 92.4 Å². The van der Waals surface area contributed by atoms with Gasteiger partial charge in [-0.25, -0.2) is 4.79 Å². The molecule has 0 radical (unpaired) electrons. The Balaban J connectivity index is 2.83. The Morgan fingerprint density at radius 1 is 1.43 bits per heavy atom. The van der Waals surface area contributed by atoms with E-state index in [1.54, 1.807) is 0 Å². The smallest absolute Gasteiger partial charge is 0.338 e. The maximum absolute atomic E-state index is 11.5. The summed E-state index contributed by atoms with van der Waals surface area (Å²) in [4.78, 5) is 11.5. The van der Waals surface area contributed by atoms with Gasteiger partial charge in [0.1, 0.15) is 6.61 Å². The second-order valence-corrected chi connectivity index (χ2v) is 3.94. The first-order chi connectivity index (χ1) is 6.65. The zero-order chi connectivity index (χ0) is 10.6. The van der Waals surface area contributed by atoms with E-state index in [4.69, 9.17) is 4.74 Å². The average Bonchev–Trinajstić information content (AvgIpc) is 2.18. The molecule has 0 amide bonds. The molecule has 0 aliphatic rings. The Kier molecular flexibility index (Phi) is 4.14. The molecule has 1 aromatic rings. The molecule has 0 N–H and O–H groups in total. The van der Waals surface area contributed by atoms with Gasteiger partial charge >= 0.3 is 5.97 Å². The van der Waals surface area contributed by atoms with Crippen LogP contribution in [0.2, 0.25) is 0 Å². The van der Waals surface area contributed by atoms with Gasteiger partial charge in [-0.3, -0.25) is 0 Å². The van der Waals surface area contributed by atoms with Crippen LogP contribution in [-0.4, -0.2) is 17.9 Å². The molecule has 14 heavy (non-hydrogen) atoms. The predicted octanol–water partition coefficient (Wildman–Crippen LogP) is 2.86. The van der Waals surface area contributed by atoms with E-state index in [2.05, 4.69) is 15.9 Å². The third kappa shape index (κ3) is 2.84. The van der Waals surface area contributed by atoms with E-state index in [0.29, 0.717) is 17.5 Å². The molecule has 0 saturated heterocycles. The van der Waals surface area contributed by atoms with Gasteiger partial charge < -0.3 is 4.74 Å². The summed E-state index contributed by atoms with van der Waals surface area (Å²) < 4.78 is 5.03. The molecule has 1 aromatic carbocycles. The van der Waals surface area contributed by atoms with E-state index in [-0.39, 0.29) is 5.97 Å². The van der Waals surface area contributed by atoms with Gasteiger partial charge in [-0.15, -0.1) is 0 Å². The molecule has 76 valence electrons. The zero-order valence-corrected chi connectivity index (χ0v) is 9.93. The fourth-order valence-corrected chi connectivity index (χ4v) is 1.33. The number of aryl methyl sites for hydroxylation is 2. The zero-order valence-electron chi connectivity index (χ0n) is 8.34. The van der Waals surface area contributed by atoms with E-state index >= 15 is 0 Å². The number of rotatable bonds is 3. The summed E-state index contributed by atoms with van der Waals surface area (Å²) in [7, 11) is 0. The van der Waals surface area contributed by atoms with Crippen molar-refractivity contribution in [1.29, 1.82) is 0 Å². The van der Waals surface area contributed by atoms with Crippen molar-refractivity contribution in [3.05, 3.63) is 34.9 Å². The topological polar surface area (TPSA) is 26.3 Å². The molecule has 0 fully saturated rings. The maximum atomic E-state index is 11.5. The molecule has 0 aliphatic carbocycles. The minimum absolute atomic E-state index is 0.245. The van der Waals surface area contributed by atoms with Gasteiger partial charge in [0.15, 0.2) is 0 Å². The van der Waals surface area contributed by atoms with Gasteiger partial charge in [-0.1, -0.05) is 33.6 Å². The molecule has 0 bridgehead atoms. The second kappa shape index (κ2) is 5.15. The van der Waals surface area contributed by atoms with Crippen molar-refractivity contribution in [2.45, 2.75) is 13.8 Å². The van der Waals surface area contributed by atoms with Crippen LogP contribution in [0.25, 0.3) is 0 Å². The number of halogens is 1. The van der Waals surface area contributed by atoms with Crippen LogP contribution in [0.15, 0.2) is 18.2 Å². The highest BCUT2D eigenvalue weighted by Crippen LogP contribution is 2.11. The van der Waals surface area contributed by atoms with Crippen LogP contribution in [0.5, 0.6) is 0 Å². The van der Waals surface area contributed by atoms with Crippen LogP contribution in [0, 0.1) is 13.8 Å². The lowest BCUT2D eigenvalue weighted by molar-refractivity contribution is 0.0530. The number of esters is 1. The lowest BCUT2D eigenvalue weighted by Gasteiger charge is -2.06. The van der Waals surface area contributed by atoms with Crippen molar-refractivity contribution < 1.29 is 9.53 Å². The summed E-state index contributed by atoms with van der Waals surface area (Å²) in [6.45, 7) is 4.27. The normalized spacial score (nSPS) is 9.93. The van der Waals surface area contributed by atoms with Gasteiger partial charge in [-0.05, 0) is 25.5 Å². The molecule has 0 aliphatic heterocycles. The molecular weight excluding hydrogens is 244 g/mol. The fraction of sp³-hybridized carbons (Fsp3) is 0.364. The Morgan fingerprint density at radius 2 is 2.14 bits per heavy atom. The summed E-state index contributed by atoms with van der Waals surface area (Å²) >= 11 is 3.21. The highest BCUT2D eigenvalue weighted by Gasteiger charge is 2.09. The number of benzene rings is 1. The summed E-state index contributed by atoms with van der Waals surface area (Å²) in [6.07, 6.45) is 0. The van der Waals surface area contributed by atoms with Crippen LogP contribution in [-0.2, 0) is 4.74 Å². The lowest BCUT2D eigenvalue weighted by Crippen LogP contribution is -2.08. The average molecular weight is 257 g/mol. The third-order valence-corrected chi connectivity index (χ3v) is 2.25. The van der Waals surface area contributed by atoms with Gasteiger partial charge in [0.25, 0.3) is 0 Å². The Bertz CT molecular complexity index is 334. The van der Waals surface area contributed by atoms with E-state index in [9.17, 15) is 4.79 Å². The monoisotopic (exact) mass is 256 g/mol. The Hall–Kier alpha value is -0.830. The molecule has 0 heterocycles. The minimum atomic E-state index is -0.245. The molecule has 2 nitrogen and oxygen atoms in total. The highest BCUT2D eigenvalue weighted by atomic mass is 79.9. The van der Waals surface area contributed by atoms with E-state index < -0.39 is 0 Å². The number of alkyl halides is 1. The van der Waals surface area contributed by atoms with E-state index in [1.165, 1.54) is 0 Å². The number of ether oxygens (including phenoxy) is 1. The first kappa shape index (κ1) is 11.2. The van der Waals surface area contributed by atoms with Gasteiger partial charge in [0.05, 0.1) is 5.56 Å². The fourth-order valence-electron chi connectivity index (χ4n) is 1.16. The maximum Gasteiger partial charge on any atom is 0.338 e. The molecule has 0 spiro atoms. The van der Waals surface area contributed by atoms with E-state index in [1.807, 2.05) is 32.0 Å². The molecule has 0 saturated carbocycles. The first-order valence-corrected chi connectivity index (χ1v) is 5.57. The number of hydrogen-bond donors (Lipinski definition) is 0. The molecule has 3 heteroatoms. The number of carbonyl (C=O) groups excluding carboxylic acids is 1. The first-order valence-electron chi connectivity index (χ1n) is 4.45. The van der Waals surface area contributed by atoms with Gasteiger partial charge in [-0.2, -0.15) is 0 Å². The predicted molar refractivity (Wildman–Crippen MR) is 60.0 cm³/mol. The largest absolute Gasteiger partial charge is 0.461 e. The molecule has 0 unspecified atom stereocenters. The number of hydrogen-bond acceptors (Lipinski definition) is 2. The van der Waals surface area contributed by atoms with Crippen molar-refractivity contribution in [3.63, 3.8) is 0 Å². The van der Waals surface area contributed by atoms with Crippen LogP contribution >= 0.6 is 15.9 Å². The van der Waals surface area contributed by atoms with Crippen LogP contribution in [0.1, 0.15) is 21.5 Å². The van der Waals surface area contributed by atoms with Crippen LogP contribution in [0.4, 0.5) is 0 Å². The summed E-state index contributed by atoms with van der Waals surface area (Å²) in [6, 6.07) is 5.77. The summed E-state index contributed by atoms with van der Waals surface area (Å²) in [5, 5.41) is 0.670. The third-order valence-electron chi connectivity index (χ3n) is 1.92. The van der Waals surface area contributed by atoms with Crippen LogP contribution in [0.3, 0.4) is 0 Å². The van der Waals surface area contributed by atoms with Crippen molar-refractivity contribution >= 4 is 21.9 Å². The standard InChI is InChI=1S/C11H13BrO2/c1-8-3-4-9(2)10(7-8)11(13)14-6-5-12/h3-4,7H,5-6H2,1-2H3. The van der Waals surface area contributed by atoms with Crippen molar-refractivity contribution in [2.75, 3.05) is 11.9 Å². The molecular formula is C11H13BrO2. The highest BCUT2D eigenvalue weighted by molar-refractivity contribution is 9.09. The number of carbonyl (C=O) groups is 1. The molecule has 1 rings (SSSR count). The van der Waals surface area contributed by atoms with Gasteiger partial charge in [0.2, 0.25) is 0 Å². The minimum Gasteiger partial charge on any atom is -0.461 e. The SMILES string of the molecule is Cc1ccc(C)c(C(=O)OCCBr)c1. The molecule has 0 atom stereocenters. The van der Waals surface area contributed by atoms with Crippen molar-refractivity contribution in [3.8, 4) is 0 Å². The molecule has 0 aromatic heterocycles. The van der Waals surface area contributed by atoms with Crippen molar-refractivity contribution in [1.82, 2.24) is 0 Å². The van der Waals surface area contributed by atoms with E-state index in [0.717, 1.165) is 11.1 Å². The summed E-state index contributed by atoms with van der Waals surface area (Å²) in [5.74, 6) is -0.245. The second-order valence-electron chi connectivity index (χ2n) is 3.14. The van der Waals surface area contributed by atoms with Crippen LogP contribution < -0.4 is 0 Å². The van der Waals surface area contributed by atoms with Gasteiger partial charge in [0, 0.05) is 5.33 Å². The summed E-state index contributed by atoms with van der Waals surface area (Å²) in [5.41, 5.74) is 2.68. The quantitative estimate of drug-likeness (QED) is 0.614. The van der Waals surface area contributed by atoms with Crippen molar-refractivity contribution in [2.24, 2.45) is 0 Å². The lowest BCUT2D eigenvalue weighted by atomic mass is 10.1. The Morgan fingerprint density at radius 3 is 2.79 bits per heavy atom.